The third-order valence-corrected chi connectivity index (χ3v) is 4.46. The van der Waals surface area contributed by atoms with E-state index in [4.69, 9.17) is 10.5 Å². The number of fused-ring (bicyclic) bond motifs is 1. The van der Waals surface area contributed by atoms with Gasteiger partial charge in [0.25, 0.3) is 5.91 Å². The van der Waals surface area contributed by atoms with Gasteiger partial charge >= 0.3 is 0 Å². The summed E-state index contributed by atoms with van der Waals surface area (Å²) in [5, 5.41) is 0. The van der Waals surface area contributed by atoms with Gasteiger partial charge in [-0.2, -0.15) is 0 Å². The fourth-order valence-electron chi connectivity index (χ4n) is 2.93. The van der Waals surface area contributed by atoms with E-state index in [1.54, 1.807) is 12.1 Å². The van der Waals surface area contributed by atoms with Crippen molar-refractivity contribution in [2.24, 2.45) is 5.73 Å². The Morgan fingerprint density at radius 3 is 2.69 bits per heavy atom. The van der Waals surface area contributed by atoms with Gasteiger partial charge in [-0.25, -0.2) is 4.98 Å². The van der Waals surface area contributed by atoms with E-state index in [9.17, 15) is 4.79 Å². The number of hydrogen-bond donors (Lipinski definition) is 2. The van der Waals surface area contributed by atoms with Crippen LogP contribution in [0.5, 0.6) is 5.75 Å². The Labute approximate surface area is 153 Å². The molecule has 3 rings (SSSR count). The minimum atomic E-state index is -0.484. The van der Waals surface area contributed by atoms with Crippen LogP contribution in [-0.2, 0) is 0 Å². The lowest BCUT2D eigenvalue weighted by atomic mass is 10.2. The highest BCUT2D eigenvalue weighted by Gasteiger charge is 2.12. The molecule has 0 aliphatic carbocycles. The fraction of sp³-hybridized carbons (Fsp3) is 0.300. The Hall–Kier alpha value is -2.86. The third kappa shape index (κ3) is 3.86. The molecule has 3 N–H and O–H groups in total. The van der Waals surface area contributed by atoms with Gasteiger partial charge < -0.3 is 20.4 Å². The summed E-state index contributed by atoms with van der Waals surface area (Å²) in [4.78, 5) is 21.7. The highest BCUT2D eigenvalue weighted by atomic mass is 16.5. The molecule has 26 heavy (non-hydrogen) atoms. The number of ether oxygens (including phenoxy) is 1. The molecular formula is C20H24N4O2. The molecular weight excluding hydrogens is 328 g/mol. The van der Waals surface area contributed by atoms with Crippen LogP contribution in [-0.4, -0.2) is 47.0 Å². The summed E-state index contributed by atoms with van der Waals surface area (Å²) in [6, 6.07) is 13.1. The maximum Gasteiger partial charge on any atom is 0.250 e. The van der Waals surface area contributed by atoms with E-state index in [0.717, 1.165) is 36.5 Å². The molecule has 0 aliphatic rings. The molecule has 6 heteroatoms. The number of nitrogens with one attached hydrogen (secondary N) is 1. The Morgan fingerprint density at radius 1 is 1.19 bits per heavy atom. The molecule has 1 heterocycles. The van der Waals surface area contributed by atoms with E-state index in [-0.39, 0.29) is 0 Å². The van der Waals surface area contributed by atoms with E-state index in [0.29, 0.717) is 23.5 Å². The summed E-state index contributed by atoms with van der Waals surface area (Å²) < 4.78 is 5.88. The zero-order chi connectivity index (χ0) is 18.5. The molecule has 0 spiro atoms. The average molecular weight is 352 g/mol. The molecule has 6 nitrogen and oxygen atoms in total. The number of aromatic nitrogens is 2. The number of H-pyrrole nitrogens is 1. The second kappa shape index (κ2) is 8.01. The number of nitrogens with two attached hydrogens (primary N) is 1. The summed E-state index contributed by atoms with van der Waals surface area (Å²) >= 11 is 0. The molecule has 0 saturated carbocycles. The lowest BCUT2D eigenvalue weighted by Crippen LogP contribution is -2.27. The van der Waals surface area contributed by atoms with Gasteiger partial charge in [0, 0.05) is 12.1 Å². The van der Waals surface area contributed by atoms with Gasteiger partial charge in [0.05, 0.1) is 11.1 Å². The number of aromatic amines is 1. The van der Waals surface area contributed by atoms with E-state index in [1.165, 1.54) is 0 Å². The van der Waals surface area contributed by atoms with Gasteiger partial charge in [0.1, 0.15) is 23.7 Å². The highest BCUT2D eigenvalue weighted by molar-refractivity contribution is 6.04. The van der Waals surface area contributed by atoms with Crippen molar-refractivity contribution >= 4 is 16.9 Å². The Kier molecular flexibility index (Phi) is 5.53. The predicted octanol–water partition coefficient (Wildman–Crippen LogP) is 3.05. The SMILES string of the molecule is CCN(CC)CCOc1cccc(-c2nc3c(C(N)=O)cccc3[nH]2)c1. The first kappa shape index (κ1) is 17.9. The maximum atomic E-state index is 11.6. The van der Waals surface area contributed by atoms with Gasteiger partial charge in [-0.15, -0.1) is 0 Å². The number of likely N-dealkylation sites (N-methyl/N-ethyl adjacent to an activating group) is 1. The monoisotopic (exact) mass is 352 g/mol. The van der Waals surface area contributed by atoms with Crippen molar-refractivity contribution in [3.05, 3.63) is 48.0 Å². The summed E-state index contributed by atoms with van der Waals surface area (Å²) in [5.74, 6) is 0.996. The minimum Gasteiger partial charge on any atom is -0.492 e. The number of hydrogen-bond acceptors (Lipinski definition) is 4. The topological polar surface area (TPSA) is 84.2 Å². The molecule has 0 fully saturated rings. The smallest absolute Gasteiger partial charge is 0.250 e. The van der Waals surface area contributed by atoms with Crippen LogP contribution in [0.4, 0.5) is 0 Å². The van der Waals surface area contributed by atoms with Gasteiger partial charge in [-0.05, 0) is 37.4 Å². The molecule has 1 amide bonds. The zero-order valence-corrected chi connectivity index (χ0v) is 15.2. The van der Waals surface area contributed by atoms with Crippen LogP contribution < -0.4 is 10.5 Å². The van der Waals surface area contributed by atoms with Crippen molar-refractivity contribution in [3.63, 3.8) is 0 Å². The standard InChI is InChI=1S/C20H24N4O2/c1-3-24(4-2)11-12-26-15-8-5-7-14(13-15)20-22-17-10-6-9-16(19(21)25)18(17)23-20/h5-10,13H,3-4,11-12H2,1-2H3,(H2,21,25)(H,22,23). The highest BCUT2D eigenvalue weighted by Crippen LogP contribution is 2.25. The van der Waals surface area contributed by atoms with E-state index < -0.39 is 5.91 Å². The molecule has 0 aliphatic heterocycles. The number of carbonyl (C=O) groups is 1. The zero-order valence-electron chi connectivity index (χ0n) is 15.2. The minimum absolute atomic E-state index is 0.414. The molecule has 1 aromatic heterocycles. The summed E-state index contributed by atoms with van der Waals surface area (Å²) in [5.41, 5.74) is 8.12. The van der Waals surface area contributed by atoms with Gasteiger partial charge in [0.15, 0.2) is 0 Å². The summed E-state index contributed by atoms with van der Waals surface area (Å²) in [6.07, 6.45) is 0. The molecule has 0 saturated heterocycles. The van der Waals surface area contributed by atoms with Crippen molar-refractivity contribution < 1.29 is 9.53 Å². The summed E-state index contributed by atoms with van der Waals surface area (Å²) in [7, 11) is 0. The Morgan fingerprint density at radius 2 is 1.96 bits per heavy atom. The first-order valence-electron chi connectivity index (χ1n) is 8.86. The number of imidazole rings is 1. The van der Waals surface area contributed by atoms with E-state index >= 15 is 0 Å². The molecule has 2 aromatic carbocycles. The van der Waals surface area contributed by atoms with Gasteiger partial charge in [0.2, 0.25) is 0 Å². The van der Waals surface area contributed by atoms with Crippen LogP contribution in [0.1, 0.15) is 24.2 Å². The van der Waals surface area contributed by atoms with Crippen LogP contribution in [0.3, 0.4) is 0 Å². The number of carbonyl (C=O) groups excluding carboxylic acids is 1. The second-order valence-corrected chi connectivity index (χ2v) is 6.05. The van der Waals surface area contributed by atoms with E-state index in [1.807, 2.05) is 30.3 Å². The largest absolute Gasteiger partial charge is 0.492 e. The molecule has 0 unspecified atom stereocenters. The lowest BCUT2D eigenvalue weighted by Gasteiger charge is -2.18. The molecule has 3 aromatic rings. The van der Waals surface area contributed by atoms with Crippen molar-refractivity contribution in [1.29, 1.82) is 0 Å². The lowest BCUT2D eigenvalue weighted by molar-refractivity contribution is 0.100. The second-order valence-electron chi connectivity index (χ2n) is 6.05. The first-order valence-corrected chi connectivity index (χ1v) is 8.86. The van der Waals surface area contributed by atoms with E-state index in [2.05, 4.69) is 28.7 Å². The first-order chi connectivity index (χ1) is 12.6. The van der Waals surface area contributed by atoms with Gasteiger partial charge in [-0.3, -0.25) is 4.79 Å². The Balaban J connectivity index is 1.81. The molecule has 0 atom stereocenters. The number of rotatable bonds is 8. The van der Waals surface area contributed by atoms with Gasteiger partial charge in [-0.1, -0.05) is 32.0 Å². The predicted molar refractivity (Wildman–Crippen MR) is 103 cm³/mol. The normalized spacial score (nSPS) is 11.2. The molecule has 0 bridgehead atoms. The molecule has 0 radical (unpaired) electrons. The Bertz CT molecular complexity index is 900. The van der Waals surface area contributed by atoms with Crippen LogP contribution in [0.2, 0.25) is 0 Å². The number of para-hydroxylation sites is 1. The molecule has 136 valence electrons. The number of benzene rings is 2. The third-order valence-electron chi connectivity index (χ3n) is 4.46. The van der Waals surface area contributed by atoms with Crippen molar-refractivity contribution in [3.8, 4) is 17.1 Å². The van der Waals surface area contributed by atoms with Crippen molar-refractivity contribution in [2.45, 2.75) is 13.8 Å². The summed E-state index contributed by atoms with van der Waals surface area (Å²) in [6.45, 7) is 7.85. The van der Waals surface area contributed by atoms with Crippen molar-refractivity contribution in [1.82, 2.24) is 14.9 Å². The average Bonchev–Trinajstić information content (AvgIpc) is 3.09. The van der Waals surface area contributed by atoms with Crippen molar-refractivity contribution in [2.75, 3.05) is 26.2 Å². The van der Waals surface area contributed by atoms with Crippen LogP contribution in [0.25, 0.3) is 22.4 Å². The van der Waals surface area contributed by atoms with Crippen LogP contribution in [0.15, 0.2) is 42.5 Å². The number of primary amides is 1. The fourth-order valence-corrected chi connectivity index (χ4v) is 2.93. The quantitative estimate of drug-likeness (QED) is 0.652. The van der Waals surface area contributed by atoms with Crippen LogP contribution >= 0.6 is 0 Å². The maximum absolute atomic E-state index is 11.6. The number of nitrogens with zero attached hydrogens (tertiary/aromatic N) is 2. The number of amides is 1. The van der Waals surface area contributed by atoms with Crippen LogP contribution in [0, 0.1) is 0 Å².